The molecule has 0 radical (unpaired) electrons. The molecule has 0 saturated heterocycles. The van der Waals surface area contributed by atoms with Crippen molar-refractivity contribution in [2.45, 2.75) is 25.4 Å². The summed E-state index contributed by atoms with van der Waals surface area (Å²) < 4.78 is 1.66. The summed E-state index contributed by atoms with van der Waals surface area (Å²) in [4.78, 5) is 11.7. The van der Waals surface area contributed by atoms with E-state index >= 15 is 0 Å². The summed E-state index contributed by atoms with van der Waals surface area (Å²) in [5.74, 6) is 0.0226. The number of nitrogens with one attached hydrogen (secondary N) is 1. The molecule has 1 amide bonds. The highest BCUT2D eigenvalue weighted by Gasteiger charge is 2.23. The van der Waals surface area contributed by atoms with Gasteiger partial charge >= 0.3 is 0 Å². The number of benzene rings is 1. The van der Waals surface area contributed by atoms with Crippen molar-refractivity contribution >= 4 is 11.6 Å². The van der Waals surface area contributed by atoms with E-state index in [0.717, 1.165) is 29.7 Å². The Balaban J connectivity index is 1.68. The number of nitrogens with two attached hydrogens (primary N) is 1. The smallest absolute Gasteiger partial charge is 0.241 e. The first kappa shape index (κ1) is 11.8. The number of carbonyl (C=O) groups is 1. The van der Waals surface area contributed by atoms with E-state index in [4.69, 9.17) is 5.73 Å². The molecule has 5 heteroatoms. The summed E-state index contributed by atoms with van der Waals surface area (Å²) in [6.45, 7) is 0.269. The van der Waals surface area contributed by atoms with Gasteiger partial charge in [0.1, 0.15) is 6.54 Å². The van der Waals surface area contributed by atoms with Gasteiger partial charge in [0, 0.05) is 23.5 Å². The van der Waals surface area contributed by atoms with E-state index in [1.165, 1.54) is 0 Å². The van der Waals surface area contributed by atoms with Gasteiger partial charge in [0.15, 0.2) is 0 Å². The summed E-state index contributed by atoms with van der Waals surface area (Å²) >= 11 is 0. The highest BCUT2D eigenvalue weighted by molar-refractivity contribution is 5.76. The number of nitrogens with zero attached hydrogens (tertiary/aromatic N) is 2. The molecule has 0 spiro atoms. The molecule has 1 aromatic heterocycles. The number of nitrogen functional groups attached to an aromatic ring is 1. The quantitative estimate of drug-likeness (QED) is 0.812. The van der Waals surface area contributed by atoms with Gasteiger partial charge in [-0.1, -0.05) is 12.1 Å². The fraction of sp³-hybridized carbons (Fsp3) is 0.286. The molecule has 19 heavy (non-hydrogen) atoms. The van der Waals surface area contributed by atoms with Crippen molar-refractivity contribution in [3.63, 3.8) is 0 Å². The van der Waals surface area contributed by atoms with Gasteiger partial charge in [-0.15, -0.1) is 0 Å². The van der Waals surface area contributed by atoms with Gasteiger partial charge in [-0.2, -0.15) is 5.10 Å². The van der Waals surface area contributed by atoms with Crippen molar-refractivity contribution in [1.82, 2.24) is 15.1 Å². The number of rotatable bonds is 4. The van der Waals surface area contributed by atoms with Crippen LogP contribution < -0.4 is 11.1 Å². The second-order valence-corrected chi connectivity index (χ2v) is 4.89. The summed E-state index contributed by atoms with van der Waals surface area (Å²) in [7, 11) is 0. The van der Waals surface area contributed by atoms with Crippen LogP contribution >= 0.6 is 0 Å². The number of hydrogen-bond donors (Lipinski definition) is 2. The summed E-state index contributed by atoms with van der Waals surface area (Å²) in [6.07, 6.45) is 5.83. The molecule has 0 atom stereocenters. The highest BCUT2D eigenvalue weighted by Crippen LogP contribution is 2.20. The fourth-order valence-electron chi connectivity index (χ4n) is 1.92. The minimum absolute atomic E-state index is 0.0226. The zero-order valence-electron chi connectivity index (χ0n) is 10.5. The molecule has 1 aliphatic rings. The zero-order chi connectivity index (χ0) is 13.2. The summed E-state index contributed by atoms with van der Waals surface area (Å²) in [5, 5.41) is 7.15. The molecular weight excluding hydrogens is 240 g/mol. The highest BCUT2D eigenvalue weighted by atomic mass is 16.2. The molecule has 98 valence electrons. The Morgan fingerprint density at radius 3 is 2.74 bits per heavy atom. The predicted molar refractivity (Wildman–Crippen MR) is 73.2 cm³/mol. The van der Waals surface area contributed by atoms with Crippen LogP contribution in [0.1, 0.15) is 12.8 Å². The van der Waals surface area contributed by atoms with Gasteiger partial charge in [-0.25, -0.2) is 0 Å². The Morgan fingerprint density at radius 1 is 1.32 bits per heavy atom. The maximum atomic E-state index is 11.7. The molecule has 2 aromatic rings. The van der Waals surface area contributed by atoms with Crippen LogP contribution in [0.15, 0.2) is 36.7 Å². The Bertz CT molecular complexity index is 584. The van der Waals surface area contributed by atoms with Crippen molar-refractivity contribution < 1.29 is 4.79 Å². The minimum Gasteiger partial charge on any atom is -0.399 e. The van der Waals surface area contributed by atoms with Crippen LogP contribution in [-0.2, 0) is 11.3 Å². The maximum Gasteiger partial charge on any atom is 0.241 e. The SMILES string of the molecule is Nc1ccc(-c2cnn(CC(=O)NC3CC3)c2)cc1. The first-order valence-corrected chi connectivity index (χ1v) is 6.38. The lowest BCUT2D eigenvalue weighted by Gasteiger charge is -2.02. The Kier molecular flexibility index (Phi) is 2.95. The van der Waals surface area contributed by atoms with Gasteiger partial charge in [-0.05, 0) is 30.5 Å². The Labute approximate surface area is 111 Å². The number of carbonyl (C=O) groups excluding carboxylic acids is 1. The Morgan fingerprint density at radius 2 is 2.05 bits per heavy atom. The van der Waals surface area contributed by atoms with Crippen molar-refractivity contribution in [3.05, 3.63) is 36.7 Å². The molecule has 1 saturated carbocycles. The topological polar surface area (TPSA) is 72.9 Å². The minimum atomic E-state index is 0.0226. The van der Waals surface area contributed by atoms with E-state index in [0.29, 0.717) is 6.04 Å². The lowest BCUT2D eigenvalue weighted by Crippen LogP contribution is -2.29. The van der Waals surface area contributed by atoms with Gasteiger partial charge in [0.05, 0.1) is 6.20 Å². The van der Waals surface area contributed by atoms with Crippen molar-refractivity contribution in [2.75, 3.05) is 5.73 Å². The van der Waals surface area contributed by atoms with Crippen LogP contribution in [0.25, 0.3) is 11.1 Å². The predicted octanol–water partition coefficient (Wildman–Crippen LogP) is 1.41. The van der Waals surface area contributed by atoms with Gasteiger partial charge in [0.2, 0.25) is 5.91 Å². The summed E-state index contributed by atoms with van der Waals surface area (Å²) in [6, 6.07) is 7.99. The average molecular weight is 256 g/mol. The number of anilines is 1. The monoisotopic (exact) mass is 256 g/mol. The third-order valence-electron chi connectivity index (χ3n) is 3.13. The van der Waals surface area contributed by atoms with Gasteiger partial charge < -0.3 is 11.1 Å². The van der Waals surface area contributed by atoms with Crippen LogP contribution in [0, 0.1) is 0 Å². The van der Waals surface area contributed by atoms with Gasteiger partial charge in [-0.3, -0.25) is 9.48 Å². The van der Waals surface area contributed by atoms with Crippen molar-refractivity contribution in [2.24, 2.45) is 0 Å². The number of aromatic nitrogens is 2. The molecule has 0 bridgehead atoms. The molecule has 0 unspecified atom stereocenters. The molecule has 1 aliphatic carbocycles. The third kappa shape index (κ3) is 2.93. The van der Waals surface area contributed by atoms with E-state index in [1.807, 2.05) is 30.5 Å². The second-order valence-electron chi connectivity index (χ2n) is 4.89. The van der Waals surface area contributed by atoms with Crippen LogP contribution in [0.3, 0.4) is 0 Å². The largest absolute Gasteiger partial charge is 0.399 e. The fourth-order valence-corrected chi connectivity index (χ4v) is 1.92. The van der Waals surface area contributed by atoms with E-state index in [-0.39, 0.29) is 12.5 Å². The first-order valence-electron chi connectivity index (χ1n) is 6.38. The molecule has 5 nitrogen and oxygen atoms in total. The van der Waals surface area contributed by atoms with Crippen molar-refractivity contribution in [3.8, 4) is 11.1 Å². The van der Waals surface area contributed by atoms with E-state index in [1.54, 1.807) is 10.9 Å². The molecule has 1 heterocycles. The second kappa shape index (κ2) is 4.76. The van der Waals surface area contributed by atoms with E-state index in [2.05, 4.69) is 10.4 Å². The molecule has 1 fully saturated rings. The summed E-state index contributed by atoms with van der Waals surface area (Å²) in [5.41, 5.74) is 8.42. The van der Waals surface area contributed by atoms with Crippen LogP contribution in [0.5, 0.6) is 0 Å². The molecular formula is C14H16N4O. The molecule has 3 N–H and O–H groups in total. The first-order chi connectivity index (χ1) is 9.20. The molecule has 1 aromatic carbocycles. The van der Waals surface area contributed by atoms with Crippen LogP contribution in [-0.4, -0.2) is 21.7 Å². The lowest BCUT2D eigenvalue weighted by atomic mass is 10.1. The molecule has 3 rings (SSSR count). The van der Waals surface area contributed by atoms with Crippen LogP contribution in [0.2, 0.25) is 0 Å². The zero-order valence-corrected chi connectivity index (χ0v) is 10.5. The normalized spacial score (nSPS) is 14.3. The number of amides is 1. The third-order valence-corrected chi connectivity index (χ3v) is 3.13. The number of hydrogen-bond acceptors (Lipinski definition) is 3. The van der Waals surface area contributed by atoms with Crippen LogP contribution in [0.4, 0.5) is 5.69 Å². The van der Waals surface area contributed by atoms with E-state index < -0.39 is 0 Å². The standard InChI is InChI=1S/C14H16N4O/c15-12-3-1-10(2-4-12)11-7-16-18(8-11)9-14(19)17-13-5-6-13/h1-4,7-8,13H,5-6,9,15H2,(H,17,19). The van der Waals surface area contributed by atoms with Crippen molar-refractivity contribution in [1.29, 1.82) is 0 Å². The average Bonchev–Trinajstić information content (AvgIpc) is 3.07. The Hall–Kier alpha value is -2.30. The van der Waals surface area contributed by atoms with Gasteiger partial charge in [0.25, 0.3) is 0 Å². The maximum absolute atomic E-state index is 11.7. The molecule has 0 aliphatic heterocycles. The van der Waals surface area contributed by atoms with E-state index in [9.17, 15) is 4.79 Å². The lowest BCUT2D eigenvalue weighted by molar-refractivity contribution is -0.122.